The number of aromatic nitrogens is 1. The minimum absolute atomic E-state index is 0.305. The largest absolute Gasteiger partial charge is 0.362 e. The number of nitrogens with two attached hydrogens (primary N) is 1. The molecule has 0 aromatic carbocycles. The molecule has 1 aromatic rings. The zero-order valence-electron chi connectivity index (χ0n) is 8.21. The lowest BCUT2D eigenvalue weighted by Gasteiger charge is -2.04. The number of rotatable bonds is 5. The molecule has 74 valence electrons. The molecule has 4 heteroatoms. The van der Waals surface area contributed by atoms with Gasteiger partial charge in [0.2, 0.25) is 0 Å². The summed E-state index contributed by atoms with van der Waals surface area (Å²) < 4.78 is 0. The average molecular weight is 199 g/mol. The van der Waals surface area contributed by atoms with Gasteiger partial charge in [-0.05, 0) is 26.7 Å². The van der Waals surface area contributed by atoms with E-state index in [0.717, 1.165) is 30.2 Å². The summed E-state index contributed by atoms with van der Waals surface area (Å²) in [4.78, 5) is 4.30. The number of hydrogen-bond acceptors (Lipinski definition) is 4. The molecule has 1 aromatic heterocycles. The number of anilines is 1. The molecular weight excluding hydrogens is 182 g/mol. The number of nitrogens with zero attached hydrogens (tertiary/aromatic N) is 1. The molecule has 0 saturated carbocycles. The molecular formula is C9H17N3S. The summed E-state index contributed by atoms with van der Waals surface area (Å²) in [6.45, 7) is 5.01. The fraction of sp³-hybridized carbons (Fsp3) is 0.667. The molecule has 3 nitrogen and oxygen atoms in total. The molecule has 0 aliphatic carbocycles. The third kappa shape index (κ3) is 4.24. The standard InChI is InChI=1S/C9H17N3S/c1-7(10)4-3-5-11-9-12-8(2)6-13-9/h6-7H,3-5,10H2,1-2H3,(H,11,12). The molecule has 0 spiro atoms. The second kappa shape index (κ2) is 5.19. The third-order valence-corrected chi connectivity index (χ3v) is 2.65. The highest BCUT2D eigenvalue weighted by atomic mass is 32.1. The van der Waals surface area contributed by atoms with Gasteiger partial charge in [0.1, 0.15) is 0 Å². The van der Waals surface area contributed by atoms with E-state index in [1.165, 1.54) is 0 Å². The molecule has 1 unspecified atom stereocenters. The van der Waals surface area contributed by atoms with E-state index in [-0.39, 0.29) is 0 Å². The number of aryl methyl sites for hydroxylation is 1. The zero-order valence-corrected chi connectivity index (χ0v) is 9.03. The fourth-order valence-electron chi connectivity index (χ4n) is 1.05. The molecule has 1 atom stereocenters. The van der Waals surface area contributed by atoms with Crippen molar-refractivity contribution in [3.63, 3.8) is 0 Å². The quantitative estimate of drug-likeness (QED) is 0.713. The van der Waals surface area contributed by atoms with E-state index in [1.54, 1.807) is 11.3 Å². The van der Waals surface area contributed by atoms with Crippen LogP contribution in [0.2, 0.25) is 0 Å². The Morgan fingerprint density at radius 3 is 3.00 bits per heavy atom. The predicted molar refractivity (Wildman–Crippen MR) is 58.2 cm³/mol. The minimum atomic E-state index is 0.305. The molecule has 1 rings (SSSR count). The first kappa shape index (κ1) is 10.5. The summed E-state index contributed by atoms with van der Waals surface area (Å²) in [5.41, 5.74) is 6.72. The molecule has 0 amide bonds. The van der Waals surface area contributed by atoms with Crippen molar-refractivity contribution in [2.45, 2.75) is 32.7 Å². The first-order valence-corrected chi connectivity index (χ1v) is 5.48. The highest BCUT2D eigenvalue weighted by molar-refractivity contribution is 7.13. The number of nitrogens with one attached hydrogen (secondary N) is 1. The molecule has 0 aliphatic rings. The van der Waals surface area contributed by atoms with E-state index < -0.39 is 0 Å². The molecule has 0 radical (unpaired) electrons. The van der Waals surface area contributed by atoms with Crippen LogP contribution in [0.25, 0.3) is 0 Å². The third-order valence-electron chi connectivity index (χ3n) is 1.73. The Labute approximate surface area is 83.4 Å². The number of thiazole rings is 1. The van der Waals surface area contributed by atoms with Crippen molar-refractivity contribution in [2.24, 2.45) is 5.73 Å². The normalized spacial score (nSPS) is 12.8. The summed E-state index contributed by atoms with van der Waals surface area (Å²) in [6, 6.07) is 0.305. The van der Waals surface area contributed by atoms with Crippen LogP contribution in [0.4, 0.5) is 5.13 Å². The van der Waals surface area contributed by atoms with Crippen molar-refractivity contribution >= 4 is 16.5 Å². The Hall–Kier alpha value is -0.610. The maximum Gasteiger partial charge on any atom is 0.182 e. The van der Waals surface area contributed by atoms with Crippen LogP contribution in [0.3, 0.4) is 0 Å². The van der Waals surface area contributed by atoms with Crippen LogP contribution in [0.1, 0.15) is 25.5 Å². The van der Waals surface area contributed by atoms with Gasteiger partial charge in [-0.25, -0.2) is 4.98 Å². The van der Waals surface area contributed by atoms with Gasteiger partial charge in [-0.2, -0.15) is 0 Å². The molecule has 0 bridgehead atoms. The molecule has 0 fully saturated rings. The lowest BCUT2D eigenvalue weighted by atomic mass is 10.2. The van der Waals surface area contributed by atoms with Crippen molar-refractivity contribution < 1.29 is 0 Å². The second-order valence-electron chi connectivity index (χ2n) is 3.34. The summed E-state index contributed by atoms with van der Waals surface area (Å²) in [5.74, 6) is 0. The summed E-state index contributed by atoms with van der Waals surface area (Å²) in [5, 5.41) is 6.34. The van der Waals surface area contributed by atoms with E-state index in [4.69, 9.17) is 5.73 Å². The lowest BCUT2D eigenvalue weighted by Crippen LogP contribution is -2.16. The molecule has 0 aliphatic heterocycles. The first-order chi connectivity index (χ1) is 6.18. The van der Waals surface area contributed by atoms with Crippen molar-refractivity contribution in [1.29, 1.82) is 0 Å². The zero-order chi connectivity index (χ0) is 9.68. The molecule has 3 N–H and O–H groups in total. The number of hydrogen-bond donors (Lipinski definition) is 2. The average Bonchev–Trinajstić information content (AvgIpc) is 2.45. The second-order valence-corrected chi connectivity index (χ2v) is 4.20. The SMILES string of the molecule is Cc1csc(NCCCC(C)N)n1. The van der Waals surface area contributed by atoms with E-state index in [1.807, 2.05) is 19.2 Å². The maximum absolute atomic E-state index is 5.64. The predicted octanol–water partition coefficient (Wildman–Crippen LogP) is 1.99. The van der Waals surface area contributed by atoms with Crippen molar-refractivity contribution in [1.82, 2.24) is 4.98 Å². The van der Waals surface area contributed by atoms with Crippen LogP contribution in [-0.2, 0) is 0 Å². The highest BCUT2D eigenvalue weighted by Crippen LogP contribution is 2.14. The van der Waals surface area contributed by atoms with Crippen LogP contribution < -0.4 is 11.1 Å². The van der Waals surface area contributed by atoms with Gasteiger partial charge in [0.15, 0.2) is 5.13 Å². The minimum Gasteiger partial charge on any atom is -0.362 e. The van der Waals surface area contributed by atoms with Crippen LogP contribution in [0.5, 0.6) is 0 Å². The topological polar surface area (TPSA) is 50.9 Å². The molecule has 1 heterocycles. The Balaban J connectivity index is 2.13. The smallest absolute Gasteiger partial charge is 0.182 e. The summed E-state index contributed by atoms with van der Waals surface area (Å²) >= 11 is 1.65. The van der Waals surface area contributed by atoms with Gasteiger partial charge in [0.25, 0.3) is 0 Å². The Morgan fingerprint density at radius 2 is 2.46 bits per heavy atom. The Morgan fingerprint density at radius 1 is 1.69 bits per heavy atom. The van der Waals surface area contributed by atoms with Gasteiger partial charge < -0.3 is 11.1 Å². The van der Waals surface area contributed by atoms with Gasteiger partial charge in [0.05, 0.1) is 5.69 Å². The summed E-state index contributed by atoms with van der Waals surface area (Å²) in [6.07, 6.45) is 2.17. The fourth-order valence-corrected chi connectivity index (χ4v) is 1.77. The van der Waals surface area contributed by atoms with Crippen LogP contribution in [0.15, 0.2) is 5.38 Å². The van der Waals surface area contributed by atoms with Crippen LogP contribution in [0, 0.1) is 6.92 Å². The van der Waals surface area contributed by atoms with E-state index in [0.29, 0.717) is 6.04 Å². The monoisotopic (exact) mass is 199 g/mol. The lowest BCUT2D eigenvalue weighted by molar-refractivity contribution is 0.639. The van der Waals surface area contributed by atoms with Crippen molar-refractivity contribution in [3.8, 4) is 0 Å². The van der Waals surface area contributed by atoms with Crippen LogP contribution in [-0.4, -0.2) is 17.6 Å². The van der Waals surface area contributed by atoms with E-state index in [9.17, 15) is 0 Å². The van der Waals surface area contributed by atoms with Gasteiger partial charge in [-0.15, -0.1) is 11.3 Å². The van der Waals surface area contributed by atoms with Gasteiger partial charge in [0, 0.05) is 18.0 Å². The summed E-state index contributed by atoms with van der Waals surface area (Å²) in [7, 11) is 0. The van der Waals surface area contributed by atoms with E-state index >= 15 is 0 Å². The van der Waals surface area contributed by atoms with Crippen LogP contribution >= 0.6 is 11.3 Å². The van der Waals surface area contributed by atoms with Gasteiger partial charge in [-0.1, -0.05) is 0 Å². The Kier molecular flexibility index (Phi) is 4.18. The Bertz CT molecular complexity index is 245. The first-order valence-electron chi connectivity index (χ1n) is 4.60. The van der Waals surface area contributed by atoms with E-state index in [2.05, 4.69) is 10.3 Å². The van der Waals surface area contributed by atoms with Crippen molar-refractivity contribution in [2.75, 3.05) is 11.9 Å². The maximum atomic E-state index is 5.64. The van der Waals surface area contributed by atoms with Gasteiger partial charge in [-0.3, -0.25) is 0 Å². The van der Waals surface area contributed by atoms with Crippen molar-refractivity contribution in [3.05, 3.63) is 11.1 Å². The molecule has 0 saturated heterocycles. The highest BCUT2D eigenvalue weighted by Gasteiger charge is 1.97. The van der Waals surface area contributed by atoms with Gasteiger partial charge >= 0.3 is 0 Å². The molecule has 13 heavy (non-hydrogen) atoms.